The molecule has 0 atom stereocenters. The Morgan fingerprint density at radius 3 is 2.32 bits per heavy atom. The second-order valence-electron chi connectivity index (χ2n) is 5.84. The summed E-state index contributed by atoms with van der Waals surface area (Å²) in [5, 5.41) is 9.76. The Morgan fingerprint density at radius 2 is 1.64 bits per heavy atom. The largest absolute Gasteiger partial charge is 0.508 e. The average Bonchev–Trinajstić information content (AvgIpc) is 3.12. The topological polar surface area (TPSA) is 40.8 Å². The van der Waals surface area contributed by atoms with Crippen LogP contribution in [0, 0.1) is 0 Å². The monoisotopic (exact) mass is 333 g/mol. The van der Waals surface area contributed by atoms with Crippen LogP contribution in [0.2, 0.25) is 0 Å². The van der Waals surface area contributed by atoms with Gasteiger partial charge < -0.3 is 14.4 Å². The molecule has 4 rings (SSSR count). The summed E-state index contributed by atoms with van der Waals surface area (Å²) >= 11 is 0. The Bertz CT molecular complexity index is 1000. The molecule has 0 spiro atoms. The third-order valence-corrected chi connectivity index (χ3v) is 4.10. The molecule has 0 aliphatic carbocycles. The molecule has 4 aromatic rings. The molecule has 1 N–H and O–H groups in total. The standard InChI is InChI=1S/C19H17N3O.C2H6/c1-21(2)14-7-5-13(6-8-14)19-18-4-3-11-22(18)17-10-9-15(23)12-16(17)20-19;1-2/h3-12,23H,1-2H3;1-2H3. The van der Waals surface area contributed by atoms with E-state index in [2.05, 4.69) is 39.6 Å². The van der Waals surface area contributed by atoms with Crippen molar-refractivity contribution in [3.05, 3.63) is 60.8 Å². The number of fused-ring (bicyclic) bond motifs is 3. The first kappa shape index (κ1) is 16.8. The molecular formula is C21H23N3O. The molecule has 0 bridgehead atoms. The minimum Gasteiger partial charge on any atom is -0.508 e. The summed E-state index contributed by atoms with van der Waals surface area (Å²) in [5.74, 6) is 0.227. The lowest BCUT2D eigenvalue weighted by Gasteiger charge is -2.13. The first-order valence-electron chi connectivity index (χ1n) is 8.51. The second kappa shape index (κ2) is 6.85. The molecule has 0 unspecified atom stereocenters. The van der Waals surface area contributed by atoms with Crippen molar-refractivity contribution in [3.8, 4) is 17.0 Å². The number of aromatic nitrogens is 2. The zero-order valence-corrected chi connectivity index (χ0v) is 15.1. The van der Waals surface area contributed by atoms with E-state index in [1.165, 1.54) is 0 Å². The molecule has 0 saturated heterocycles. The fourth-order valence-corrected chi connectivity index (χ4v) is 2.90. The van der Waals surface area contributed by atoms with Crippen LogP contribution in [0.3, 0.4) is 0 Å². The number of hydrogen-bond acceptors (Lipinski definition) is 3. The minimum atomic E-state index is 0.227. The summed E-state index contributed by atoms with van der Waals surface area (Å²) in [6.07, 6.45) is 2.02. The molecule has 2 aromatic carbocycles. The Balaban J connectivity index is 0.000000880. The highest BCUT2D eigenvalue weighted by Gasteiger charge is 2.10. The molecule has 2 aromatic heterocycles. The van der Waals surface area contributed by atoms with E-state index in [-0.39, 0.29) is 5.75 Å². The summed E-state index contributed by atoms with van der Waals surface area (Å²) < 4.78 is 2.11. The van der Waals surface area contributed by atoms with Gasteiger partial charge in [-0.2, -0.15) is 0 Å². The van der Waals surface area contributed by atoms with E-state index in [0.717, 1.165) is 33.5 Å². The molecule has 4 heteroatoms. The van der Waals surface area contributed by atoms with Crippen molar-refractivity contribution in [2.45, 2.75) is 13.8 Å². The van der Waals surface area contributed by atoms with Crippen molar-refractivity contribution < 1.29 is 5.11 Å². The zero-order chi connectivity index (χ0) is 18.0. The van der Waals surface area contributed by atoms with Gasteiger partial charge in [0.1, 0.15) is 5.75 Å². The van der Waals surface area contributed by atoms with E-state index in [0.29, 0.717) is 0 Å². The quantitative estimate of drug-likeness (QED) is 0.564. The second-order valence-corrected chi connectivity index (χ2v) is 5.84. The fraction of sp³-hybridized carbons (Fsp3) is 0.190. The molecule has 128 valence electrons. The van der Waals surface area contributed by atoms with Crippen LogP contribution in [0.4, 0.5) is 5.69 Å². The first-order valence-corrected chi connectivity index (χ1v) is 8.51. The van der Waals surface area contributed by atoms with Crippen molar-refractivity contribution >= 4 is 22.2 Å². The molecule has 0 radical (unpaired) electrons. The molecule has 2 heterocycles. The summed E-state index contributed by atoms with van der Waals surface area (Å²) in [6, 6.07) is 17.7. The van der Waals surface area contributed by atoms with Crippen molar-refractivity contribution in [2.75, 3.05) is 19.0 Å². The van der Waals surface area contributed by atoms with Gasteiger partial charge in [-0.15, -0.1) is 0 Å². The molecule has 0 aliphatic rings. The average molecular weight is 333 g/mol. The van der Waals surface area contributed by atoms with Crippen LogP contribution in [-0.4, -0.2) is 28.6 Å². The fourth-order valence-electron chi connectivity index (χ4n) is 2.90. The molecule has 25 heavy (non-hydrogen) atoms. The molecular weight excluding hydrogens is 310 g/mol. The number of rotatable bonds is 2. The van der Waals surface area contributed by atoms with E-state index in [4.69, 9.17) is 4.98 Å². The van der Waals surface area contributed by atoms with E-state index in [1.54, 1.807) is 12.1 Å². The maximum atomic E-state index is 9.76. The lowest BCUT2D eigenvalue weighted by atomic mass is 10.1. The van der Waals surface area contributed by atoms with E-state index in [9.17, 15) is 5.11 Å². The van der Waals surface area contributed by atoms with Gasteiger partial charge in [-0.05, 0) is 36.4 Å². The van der Waals surface area contributed by atoms with Crippen molar-refractivity contribution in [3.63, 3.8) is 0 Å². The molecule has 0 saturated carbocycles. The number of benzene rings is 2. The minimum absolute atomic E-state index is 0.227. The molecule has 0 amide bonds. The number of anilines is 1. The van der Waals surface area contributed by atoms with Gasteiger partial charge >= 0.3 is 0 Å². The van der Waals surface area contributed by atoms with Gasteiger partial charge in [0.2, 0.25) is 0 Å². The third kappa shape index (κ3) is 3.03. The summed E-state index contributed by atoms with van der Waals surface area (Å²) in [6.45, 7) is 4.00. The van der Waals surface area contributed by atoms with Crippen LogP contribution in [0.15, 0.2) is 60.8 Å². The first-order chi connectivity index (χ1) is 12.1. The van der Waals surface area contributed by atoms with Gasteiger partial charge in [0, 0.05) is 37.6 Å². The van der Waals surface area contributed by atoms with Crippen LogP contribution in [0.5, 0.6) is 5.75 Å². The zero-order valence-electron chi connectivity index (χ0n) is 15.1. The van der Waals surface area contributed by atoms with Crippen molar-refractivity contribution in [1.82, 2.24) is 9.38 Å². The predicted molar refractivity (Wildman–Crippen MR) is 105 cm³/mol. The number of phenols is 1. The highest BCUT2D eigenvalue weighted by Crippen LogP contribution is 2.29. The van der Waals surface area contributed by atoms with Gasteiger partial charge in [-0.25, -0.2) is 4.98 Å². The molecule has 0 fully saturated rings. The van der Waals surface area contributed by atoms with Gasteiger partial charge in [-0.3, -0.25) is 0 Å². The van der Waals surface area contributed by atoms with E-state index >= 15 is 0 Å². The van der Waals surface area contributed by atoms with Crippen LogP contribution in [0.1, 0.15) is 13.8 Å². The lowest BCUT2D eigenvalue weighted by Crippen LogP contribution is -2.08. The lowest BCUT2D eigenvalue weighted by molar-refractivity contribution is 0.476. The summed E-state index contributed by atoms with van der Waals surface area (Å²) in [7, 11) is 4.05. The van der Waals surface area contributed by atoms with Gasteiger partial charge in [-0.1, -0.05) is 26.0 Å². The SMILES string of the molecule is CC.CN(C)c1ccc(-c2nc3cc(O)ccc3n3cccc23)cc1. The smallest absolute Gasteiger partial charge is 0.117 e. The molecule has 0 aliphatic heterocycles. The van der Waals surface area contributed by atoms with Gasteiger partial charge in [0.05, 0.1) is 22.2 Å². The summed E-state index contributed by atoms with van der Waals surface area (Å²) in [4.78, 5) is 6.86. The van der Waals surface area contributed by atoms with Crippen LogP contribution >= 0.6 is 0 Å². The van der Waals surface area contributed by atoms with Gasteiger partial charge in [0.25, 0.3) is 0 Å². The number of hydrogen-bond donors (Lipinski definition) is 1. The maximum Gasteiger partial charge on any atom is 0.117 e. The highest BCUT2D eigenvalue weighted by molar-refractivity contribution is 5.88. The Kier molecular flexibility index (Phi) is 4.61. The van der Waals surface area contributed by atoms with Crippen LogP contribution in [-0.2, 0) is 0 Å². The number of nitrogens with zero attached hydrogens (tertiary/aromatic N) is 3. The Labute approximate surface area is 148 Å². The summed E-state index contributed by atoms with van der Waals surface area (Å²) in [5.41, 5.74) is 5.94. The van der Waals surface area contributed by atoms with Crippen molar-refractivity contribution in [1.29, 1.82) is 0 Å². The van der Waals surface area contributed by atoms with E-state index in [1.807, 2.05) is 46.3 Å². The van der Waals surface area contributed by atoms with E-state index < -0.39 is 0 Å². The highest BCUT2D eigenvalue weighted by atomic mass is 16.3. The van der Waals surface area contributed by atoms with Crippen LogP contribution < -0.4 is 4.90 Å². The predicted octanol–water partition coefficient (Wildman–Crippen LogP) is 4.95. The number of phenolic OH excluding ortho intramolecular Hbond substituents is 1. The Hall–Kier alpha value is -3.01. The van der Waals surface area contributed by atoms with Crippen molar-refractivity contribution in [2.24, 2.45) is 0 Å². The molecule has 4 nitrogen and oxygen atoms in total. The van der Waals surface area contributed by atoms with Crippen LogP contribution in [0.25, 0.3) is 27.8 Å². The third-order valence-electron chi connectivity index (χ3n) is 4.10. The maximum absolute atomic E-state index is 9.76. The number of aromatic hydroxyl groups is 1. The Morgan fingerprint density at radius 1 is 0.920 bits per heavy atom. The normalized spacial score (nSPS) is 10.6. The van der Waals surface area contributed by atoms with Gasteiger partial charge in [0.15, 0.2) is 0 Å².